The third-order valence-electron chi connectivity index (χ3n) is 6.01. The number of hydrogen-bond acceptors (Lipinski definition) is 2. The molecular formula is C24H28N4S. The fraction of sp³-hybridized carbons (Fsp3) is 0.333. The Hall–Kier alpha value is -2.66. The second kappa shape index (κ2) is 7.64. The first-order chi connectivity index (χ1) is 13.9. The van der Waals surface area contributed by atoms with Gasteiger partial charge >= 0.3 is 0 Å². The lowest BCUT2D eigenvalue weighted by atomic mass is 9.93. The number of hydrogen-bond donors (Lipinski definition) is 1. The van der Waals surface area contributed by atoms with Gasteiger partial charge in [0.1, 0.15) is 0 Å². The quantitative estimate of drug-likeness (QED) is 0.608. The highest BCUT2D eigenvalue weighted by atomic mass is 32.1. The van der Waals surface area contributed by atoms with Crippen molar-refractivity contribution in [3.05, 3.63) is 82.9 Å². The molecule has 4 nitrogen and oxygen atoms in total. The largest absolute Gasteiger partial charge is 0.352 e. The van der Waals surface area contributed by atoms with Gasteiger partial charge in [0, 0.05) is 34.9 Å². The lowest BCUT2D eigenvalue weighted by Crippen LogP contribution is -2.36. The van der Waals surface area contributed by atoms with Gasteiger partial charge in [0.25, 0.3) is 0 Å². The van der Waals surface area contributed by atoms with Crippen LogP contribution in [0.15, 0.2) is 54.7 Å². The molecule has 0 aliphatic carbocycles. The maximum Gasteiger partial charge on any atom is 0.170 e. The van der Waals surface area contributed by atoms with E-state index in [0.29, 0.717) is 0 Å². The molecule has 0 radical (unpaired) electrons. The van der Waals surface area contributed by atoms with Crippen LogP contribution >= 0.6 is 12.2 Å². The summed E-state index contributed by atoms with van der Waals surface area (Å²) in [6.07, 6.45) is 1.86. The fourth-order valence-electron chi connectivity index (χ4n) is 4.64. The van der Waals surface area contributed by atoms with Gasteiger partial charge in [-0.05, 0) is 76.7 Å². The third kappa shape index (κ3) is 3.23. The Morgan fingerprint density at radius 1 is 0.966 bits per heavy atom. The Kier molecular flexibility index (Phi) is 5.17. The molecule has 1 N–H and O–H groups in total. The Bertz CT molecular complexity index is 1020. The molecule has 3 aromatic rings. The highest BCUT2D eigenvalue weighted by Gasteiger charge is 2.43. The summed E-state index contributed by atoms with van der Waals surface area (Å²) in [6.45, 7) is 11.1. The maximum absolute atomic E-state index is 5.77. The molecule has 2 aromatic heterocycles. The van der Waals surface area contributed by atoms with E-state index in [9.17, 15) is 0 Å². The van der Waals surface area contributed by atoms with E-state index in [1.165, 1.54) is 28.2 Å². The van der Waals surface area contributed by atoms with Crippen LogP contribution in [0.5, 0.6) is 0 Å². The monoisotopic (exact) mass is 404 g/mol. The van der Waals surface area contributed by atoms with E-state index in [4.69, 9.17) is 12.2 Å². The van der Waals surface area contributed by atoms with Crippen LogP contribution in [0.3, 0.4) is 0 Å². The molecule has 1 fully saturated rings. The Labute approximate surface area is 178 Å². The van der Waals surface area contributed by atoms with Crippen molar-refractivity contribution in [1.82, 2.24) is 19.8 Å². The Balaban J connectivity index is 1.91. The van der Waals surface area contributed by atoms with Crippen molar-refractivity contribution in [2.45, 2.75) is 52.7 Å². The molecule has 3 heterocycles. The second-order valence-electron chi connectivity index (χ2n) is 8.01. The van der Waals surface area contributed by atoms with Crippen molar-refractivity contribution in [3.8, 4) is 5.69 Å². The van der Waals surface area contributed by atoms with E-state index in [2.05, 4.69) is 90.8 Å². The summed E-state index contributed by atoms with van der Waals surface area (Å²) in [5, 5.41) is 4.35. The lowest BCUT2D eigenvalue weighted by molar-refractivity contribution is 0.268. The molecule has 5 heteroatoms. The van der Waals surface area contributed by atoms with Gasteiger partial charge in [-0.25, -0.2) is 0 Å². The van der Waals surface area contributed by atoms with Gasteiger partial charge in [-0.2, -0.15) is 0 Å². The van der Waals surface area contributed by atoms with Gasteiger partial charge in [0.2, 0.25) is 0 Å². The highest BCUT2D eigenvalue weighted by Crippen LogP contribution is 2.44. The van der Waals surface area contributed by atoms with E-state index < -0.39 is 0 Å². The molecule has 4 rings (SSSR count). The van der Waals surface area contributed by atoms with Crippen LogP contribution in [0, 0.1) is 20.8 Å². The number of rotatable bonds is 4. The summed E-state index contributed by atoms with van der Waals surface area (Å²) in [6, 6.07) is 17.1. The van der Waals surface area contributed by atoms with Gasteiger partial charge < -0.3 is 14.8 Å². The average molecular weight is 405 g/mol. The van der Waals surface area contributed by atoms with Crippen LogP contribution in [0.1, 0.15) is 54.1 Å². The summed E-state index contributed by atoms with van der Waals surface area (Å²) in [5.74, 6) is 0. The number of thiocarbonyl (C=S) groups is 1. The van der Waals surface area contributed by atoms with Gasteiger partial charge in [0.15, 0.2) is 5.11 Å². The summed E-state index contributed by atoms with van der Waals surface area (Å²) in [4.78, 5) is 6.99. The first-order valence-corrected chi connectivity index (χ1v) is 10.6. The van der Waals surface area contributed by atoms with Crippen molar-refractivity contribution < 1.29 is 0 Å². The molecule has 0 unspecified atom stereocenters. The van der Waals surface area contributed by atoms with Gasteiger partial charge in [-0.15, -0.1) is 0 Å². The van der Waals surface area contributed by atoms with Gasteiger partial charge in [-0.3, -0.25) is 4.98 Å². The van der Waals surface area contributed by atoms with Crippen molar-refractivity contribution >= 4 is 17.3 Å². The SMILES string of the molecule is Cc1c([C@H]2[C@@H](c3ccccn3)NC(=S)N2C(C)C)c(C)n(-c2ccccc2)c1C. The van der Waals surface area contributed by atoms with E-state index in [-0.39, 0.29) is 18.1 Å². The Morgan fingerprint density at radius 2 is 1.66 bits per heavy atom. The van der Waals surface area contributed by atoms with Crippen molar-refractivity contribution in [3.63, 3.8) is 0 Å². The molecule has 1 saturated heterocycles. The van der Waals surface area contributed by atoms with Crippen molar-refractivity contribution in [2.24, 2.45) is 0 Å². The van der Waals surface area contributed by atoms with Crippen LogP contribution in [0.4, 0.5) is 0 Å². The topological polar surface area (TPSA) is 33.1 Å². The minimum absolute atomic E-state index is 0.0227. The summed E-state index contributed by atoms with van der Waals surface area (Å²) >= 11 is 5.77. The van der Waals surface area contributed by atoms with Crippen molar-refractivity contribution in [2.75, 3.05) is 0 Å². The van der Waals surface area contributed by atoms with E-state index in [0.717, 1.165) is 10.8 Å². The first kappa shape index (κ1) is 19.6. The standard InChI is InChI=1S/C24H28N4S/c1-15(2)27-23(22(26-24(27)29)20-13-9-10-14-25-20)21-16(3)17(4)28(18(21)5)19-11-7-6-8-12-19/h6-15,22-23H,1-5H3,(H,26,29)/t22-,23+/m1/s1. The number of aromatic nitrogens is 2. The lowest BCUT2D eigenvalue weighted by Gasteiger charge is -2.32. The number of para-hydroxylation sites is 1. The molecule has 1 aliphatic heterocycles. The zero-order chi connectivity index (χ0) is 20.7. The number of benzene rings is 1. The zero-order valence-electron chi connectivity index (χ0n) is 17.7. The zero-order valence-corrected chi connectivity index (χ0v) is 18.5. The summed E-state index contributed by atoms with van der Waals surface area (Å²) in [5.41, 5.74) is 7.39. The molecule has 150 valence electrons. The minimum Gasteiger partial charge on any atom is -0.352 e. The molecule has 0 spiro atoms. The van der Waals surface area contributed by atoms with Crippen LogP contribution in [-0.2, 0) is 0 Å². The van der Waals surface area contributed by atoms with Gasteiger partial charge in [0.05, 0.1) is 17.8 Å². The summed E-state index contributed by atoms with van der Waals surface area (Å²) in [7, 11) is 0. The Morgan fingerprint density at radius 3 is 2.28 bits per heavy atom. The summed E-state index contributed by atoms with van der Waals surface area (Å²) < 4.78 is 2.36. The predicted octanol–water partition coefficient (Wildman–Crippen LogP) is 5.18. The minimum atomic E-state index is 0.0227. The van der Waals surface area contributed by atoms with Crippen molar-refractivity contribution in [1.29, 1.82) is 0 Å². The highest BCUT2D eigenvalue weighted by molar-refractivity contribution is 7.80. The van der Waals surface area contributed by atoms with E-state index in [1.54, 1.807) is 0 Å². The van der Waals surface area contributed by atoms with Crippen LogP contribution in [0.25, 0.3) is 5.69 Å². The number of nitrogens with zero attached hydrogens (tertiary/aromatic N) is 3. The van der Waals surface area contributed by atoms with Crippen LogP contribution < -0.4 is 5.32 Å². The van der Waals surface area contributed by atoms with Crippen LogP contribution in [0.2, 0.25) is 0 Å². The normalized spacial score (nSPS) is 19.1. The third-order valence-corrected chi connectivity index (χ3v) is 6.34. The maximum atomic E-state index is 5.77. The molecule has 0 amide bonds. The number of pyridine rings is 1. The van der Waals surface area contributed by atoms with Crippen LogP contribution in [-0.4, -0.2) is 25.6 Å². The van der Waals surface area contributed by atoms with E-state index in [1.807, 2.05) is 18.3 Å². The molecule has 0 bridgehead atoms. The smallest absolute Gasteiger partial charge is 0.170 e. The van der Waals surface area contributed by atoms with Gasteiger partial charge in [-0.1, -0.05) is 24.3 Å². The first-order valence-electron chi connectivity index (χ1n) is 10.2. The van der Waals surface area contributed by atoms with E-state index >= 15 is 0 Å². The number of nitrogens with one attached hydrogen (secondary N) is 1. The molecule has 1 aliphatic rings. The molecule has 29 heavy (non-hydrogen) atoms. The second-order valence-corrected chi connectivity index (χ2v) is 8.39. The molecule has 0 saturated carbocycles. The predicted molar refractivity (Wildman–Crippen MR) is 122 cm³/mol. The molecule has 2 atom stereocenters. The average Bonchev–Trinajstić information content (AvgIpc) is 3.16. The molecular weight excluding hydrogens is 376 g/mol. The fourth-order valence-corrected chi connectivity index (χ4v) is 5.09. The molecule has 1 aromatic carbocycles.